The molecule has 0 aliphatic heterocycles. The summed E-state index contributed by atoms with van der Waals surface area (Å²) in [6, 6.07) is 13.8. The van der Waals surface area contributed by atoms with Crippen LogP contribution in [0.25, 0.3) is 22.4 Å². The smallest absolute Gasteiger partial charge is 0.406 e. The third kappa shape index (κ3) is 5.38. The zero-order chi connectivity index (χ0) is 20.4. The molecule has 2 aromatic carbocycles. The lowest BCUT2D eigenvalue weighted by atomic mass is 10.1. The number of ether oxygens (including phenoxy) is 2. The van der Waals surface area contributed by atoms with Gasteiger partial charge in [-0.1, -0.05) is 30.3 Å². The van der Waals surface area contributed by atoms with Crippen LogP contribution in [-0.4, -0.2) is 17.7 Å². The van der Waals surface area contributed by atoms with Crippen LogP contribution in [0.1, 0.15) is 0 Å². The van der Waals surface area contributed by atoms with Crippen molar-refractivity contribution in [2.75, 3.05) is 0 Å². The number of halogens is 6. The van der Waals surface area contributed by atoms with E-state index in [2.05, 4.69) is 14.5 Å². The Balaban J connectivity index is 1.83. The van der Waals surface area contributed by atoms with Crippen LogP contribution in [0.3, 0.4) is 0 Å². The summed E-state index contributed by atoms with van der Waals surface area (Å²) in [5, 5.41) is 0. The molecule has 9 heteroatoms. The molecule has 0 radical (unpaired) electrons. The van der Waals surface area contributed by atoms with Gasteiger partial charge in [-0.05, 0) is 35.9 Å². The summed E-state index contributed by atoms with van der Waals surface area (Å²) < 4.78 is 81.8. The van der Waals surface area contributed by atoms with E-state index < -0.39 is 12.7 Å². The Kier molecular flexibility index (Phi) is 5.17. The predicted molar refractivity (Wildman–Crippen MR) is 88.5 cm³/mol. The standard InChI is InChI=1S/C19H11F6NO2/c20-18(21,22)27-15-5-1-3-12(9-15)14-7-8-17(26-11-14)13-4-2-6-16(10-13)28-19(23,24)25/h1-11H. The number of alkyl halides is 6. The molecule has 0 fully saturated rings. The van der Waals surface area contributed by atoms with Crippen LogP contribution >= 0.6 is 0 Å². The summed E-state index contributed by atoms with van der Waals surface area (Å²) in [4.78, 5) is 4.17. The second kappa shape index (κ2) is 7.41. The van der Waals surface area contributed by atoms with Gasteiger partial charge in [-0.3, -0.25) is 4.98 Å². The average Bonchev–Trinajstić information content (AvgIpc) is 2.59. The summed E-state index contributed by atoms with van der Waals surface area (Å²) in [6.45, 7) is 0. The van der Waals surface area contributed by atoms with Crippen molar-refractivity contribution < 1.29 is 35.8 Å². The van der Waals surface area contributed by atoms with Gasteiger partial charge in [0, 0.05) is 17.3 Å². The number of rotatable bonds is 4. The highest BCUT2D eigenvalue weighted by Gasteiger charge is 2.31. The van der Waals surface area contributed by atoms with E-state index in [0.29, 0.717) is 22.4 Å². The quantitative estimate of drug-likeness (QED) is 0.489. The van der Waals surface area contributed by atoms with Gasteiger partial charge < -0.3 is 9.47 Å². The van der Waals surface area contributed by atoms with Gasteiger partial charge in [0.05, 0.1) is 5.69 Å². The molecule has 0 aliphatic carbocycles. The number of hydrogen-bond acceptors (Lipinski definition) is 3. The zero-order valence-electron chi connectivity index (χ0n) is 13.9. The molecular formula is C19H11F6NO2. The molecule has 0 saturated heterocycles. The average molecular weight is 399 g/mol. The van der Waals surface area contributed by atoms with Gasteiger partial charge in [0.25, 0.3) is 0 Å². The van der Waals surface area contributed by atoms with Crippen molar-refractivity contribution in [3.8, 4) is 33.9 Å². The zero-order valence-corrected chi connectivity index (χ0v) is 13.9. The van der Waals surface area contributed by atoms with Crippen LogP contribution in [0.4, 0.5) is 26.3 Å². The molecule has 0 saturated carbocycles. The Bertz CT molecular complexity index is 873. The van der Waals surface area contributed by atoms with E-state index in [1.807, 2.05) is 0 Å². The summed E-state index contributed by atoms with van der Waals surface area (Å²) in [5.74, 6) is -0.751. The maximum atomic E-state index is 12.3. The van der Waals surface area contributed by atoms with Gasteiger partial charge >= 0.3 is 12.7 Å². The number of benzene rings is 2. The third-order valence-corrected chi connectivity index (χ3v) is 3.53. The molecule has 0 amide bonds. The predicted octanol–water partition coefficient (Wildman–Crippen LogP) is 6.21. The highest BCUT2D eigenvalue weighted by Crippen LogP contribution is 2.30. The molecule has 0 spiro atoms. The largest absolute Gasteiger partial charge is 0.573 e. The summed E-state index contributed by atoms with van der Waals surface area (Å²) in [7, 11) is 0. The first-order valence-corrected chi connectivity index (χ1v) is 7.77. The van der Waals surface area contributed by atoms with Crippen molar-refractivity contribution >= 4 is 0 Å². The third-order valence-electron chi connectivity index (χ3n) is 3.53. The number of hydrogen-bond donors (Lipinski definition) is 0. The molecule has 0 bridgehead atoms. The molecule has 146 valence electrons. The van der Waals surface area contributed by atoms with Crippen molar-refractivity contribution in [3.63, 3.8) is 0 Å². The topological polar surface area (TPSA) is 31.4 Å². The molecule has 0 aliphatic rings. The second-order valence-electron chi connectivity index (χ2n) is 5.58. The van der Waals surface area contributed by atoms with Gasteiger partial charge in [0.1, 0.15) is 11.5 Å². The lowest BCUT2D eigenvalue weighted by Crippen LogP contribution is -2.17. The van der Waals surface area contributed by atoms with Crippen molar-refractivity contribution in [3.05, 3.63) is 66.9 Å². The van der Waals surface area contributed by atoms with E-state index in [9.17, 15) is 26.3 Å². The van der Waals surface area contributed by atoms with E-state index >= 15 is 0 Å². The summed E-state index contributed by atoms with van der Waals surface area (Å²) in [5.41, 5.74) is 1.72. The number of aromatic nitrogens is 1. The Morgan fingerprint density at radius 3 is 1.64 bits per heavy atom. The first-order chi connectivity index (χ1) is 13.1. The molecule has 0 unspecified atom stereocenters. The minimum Gasteiger partial charge on any atom is -0.406 e. The molecule has 3 rings (SSSR count). The van der Waals surface area contributed by atoms with E-state index in [1.54, 1.807) is 24.3 Å². The van der Waals surface area contributed by atoms with Crippen molar-refractivity contribution in [1.82, 2.24) is 4.98 Å². The Morgan fingerprint density at radius 1 is 0.607 bits per heavy atom. The molecular weight excluding hydrogens is 388 g/mol. The molecule has 1 aromatic heterocycles. The lowest BCUT2D eigenvalue weighted by Gasteiger charge is -2.11. The normalized spacial score (nSPS) is 11.9. The minimum absolute atomic E-state index is 0.369. The molecule has 0 atom stereocenters. The van der Waals surface area contributed by atoms with Gasteiger partial charge in [-0.25, -0.2) is 0 Å². The van der Waals surface area contributed by atoms with E-state index in [-0.39, 0.29) is 11.5 Å². The van der Waals surface area contributed by atoms with Crippen LogP contribution in [0, 0.1) is 0 Å². The Hall–Kier alpha value is -3.23. The van der Waals surface area contributed by atoms with Crippen molar-refractivity contribution in [1.29, 1.82) is 0 Å². The highest BCUT2D eigenvalue weighted by molar-refractivity contribution is 5.68. The van der Waals surface area contributed by atoms with E-state index in [4.69, 9.17) is 0 Å². The highest BCUT2D eigenvalue weighted by atomic mass is 19.4. The Morgan fingerprint density at radius 2 is 1.14 bits per heavy atom. The van der Waals surface area contributed by atoms with Gasteiger partial charge in [0.2, 0.25) is 0 Å². The van der Waals surface area contributed by atoms with Gasteiger partial charge in [-0.15, -0.1) is 26.3 Å². The van der Waals surface area contributed by atoms with Crippen LogP contribution in [0.5, 0.6) is 11.5 Å². The van der Waals surface area contributed by atoms with Crippen LogP contribution in [0.2, 0.25) is 0 Å². The van der Waals surface area contributed by atoms with Crippen LogP contribution in [0.15, 0.2) is 66.9 Å². The minimum atomic E-state index is -4.81. The summed E-state index contributed by atoms with van der Waals surface area (Å²) >= 11 is 0. The molecule has 3 nitrogen and oxygen atoms in total. The molecule has 28 heavy (non-hydrogen) atoms. The van der Waals surface area contributed by atoms with E-state index in [1.165, 1.54) is 36.5 Å². The van der Waals surface area contributed by atoms with E-state index in [0.717, 1.165) is 6.07 Å². The fourth-order valence-corrected chi connectivity index (χ4v) is 2.46. The van der Waals surface area contributed by atoms with Crippen molar-refractivity contribution in [2.45, 2.75) is 12.7 Å². The SMILES string of the molecule is FC(F)(F)Oc1cccc(-c2ccc(-c3cccc(OC(F)(F)F)c3)nc2)c1. The maximum Gasteiger partial charge on any atom is 0.573 e. The number of pyridine rings is 1. The monoisotopic (exact) mass is 399 g/mol. The number of nitrogens with zero attached hydrogens (tertiary/aromatic N) is 1. The lowest BCUT2D eigenvalue weighted by molar-refractivity contribution is -0.275. The van der Waals surface area contributed by atoms with Gasteiger partial charge in [-0.2, -0.15) is 0 Å². The summed E-state index contributed by atoms with van der Waals surface area (Å²) in [6.07, 6.45) is -8.21. The van der Waals surface area contributed by atoms with Crippen LogP contribution in [-0.2, 0) is 0 Å². The molecule has 3 aromatic rings. The molecule has 0 N–H and O–H groups in total. The maximum absolute atomic E-state index is 12.3. The van der Waals surface area contributed by atoms with Crippen LogP contribution < -0.4 is 9.47 Å². The first kappa shape index (κ1) is 19.5. The first-order valence-electron chi connectivity index (χ1n) is 7.77. The Labute approximate surface area is 155 Å². The van der Waals surface area contributed by atoms with Gasteiger partial charge in [0.15, 0.2) is 0 Å². The fraction of sp³-hybridized carbons (Fsp3) is 0.105. The fourth-order valence-electron chi connectivity index (χ4n) is 2.46. The molecule has 1 heterocycles. The second-order valence-corrected chi connectivity index (χ2v) is 5.58. The van der Waals surface area contributed by atoms with Crippen molar-refractivity contribution in [2.24, 2.45) is 0 Å².